The van der Waals surface area contributed by atoms with Crippen molar-refractivity contribution in [2.24, 2.45) is 0 Å². The lowest BCUT2D eigenvalue weighted by atomic mass is 9.94. The number of hydrogen-bond acceptors (Lipinski definition) is 4. The number of hydrogen-bond donors (Lipinski definition) is 0. The molecule has 4 nitrogen and oxygen atoms in total. The van der Waals surface area contributed by atoms with E-state index in [4.69, 9.17) is 14.7 Å². The number of aromatic nitrogens is 2. The van der Waals surface area contributed by atoms with Crippen LogP contribution in [0.5, 0.6) is 0 Å². The SMILES string of the molecule is Cc1nc2ccccc2nc1N1CCOC(C)(c2ccccc2)C1. The number of aryl methyl sites for hydroxylation is 1. The first-order chi connectivity index (χ1) is 11.7. The first-order valence-electron chi connectivity index (χ1n) is 8.33. The van der Waals surface area contributed by atoms with E-state index in [1.165, 1.54) is 5.56 Å². The van der Waals surface area contributed by atoms with Crippen LogP contribution >= 0.6 is 0 Å². The summed E-state index contributed by atoms with van der Waals surface area (Å²) in [5, 5.41) is 0. The molecule has 0 radical (unpaired) electrons. The Bertz CT molecular complexity index is 865. The maximum atomic E-state index is 6.14. The number of fused-ring (bicyclic) bond motifs is 1. The number of rotatable bonds is 2. The lowest BCUT2D eigenvalue weighted by Gasteiger charge is -2.41. The van der Waals surface area contributed by atoms with Crippen LogP contribution in [0.1, 0.15) is 18.2 Å². The third kappa shape index (κ3) is 2.63. The first-order valence-corrected chi connectivity index (χ1v) is 8.33. The second-order valence-corrected chi connectivity index (χ2v) is 6.49. The molecule has 122 valence electrons. The molecule has 0 bridgehead atoms. The first kappa shape index (κ1) is 15.1. The zero-order chi connectivity index (χ0) is 16.6. The molecule has 1 unspecified atom stereocenters. The molecular weight excluding hydrogens is 298 g/mol. The van der Waals surface area contributed by atoms with Crippen LogP contribution in [0.2, 0.25) is 0 Å². The van der Waals surface area contributed by atoms with Crippen molar-refractivity contribution >= 4 is 16.9 Å². The molecule has 3 aromatic rings. The van der Waals surface area contributed by atoms with Crippen molar-refractivity contribution in [1.29, 1.82) is 0 Å². The van der Waals surface area contributed by atoms with Gasteiger partial charge in [0.1, 0.15) is 5.60 Å². The van der Waals surface area contributed by atoms with Crippen LogP contribution in [0.25, 0.3) is 11.0 Å². The topological polar surface area (TPSA) is 38.2 Å². The van der Waals surface area contributed by atoms with Gasteiger partial charge >= 0.3 is 0 Å². The monoisotopic (exact) mass is 319 g/mol. The molecule has 2 aromatic carbocycles. The Morgan fingerprint density at radius 3 is 2.38 bits per heavy atom. The number of ether oxygens (including phenoxy) is 1. The molecule has 0 spiro atoms. The highest BCUT2D eigenvalue weighted by Gasteiger charge is 2.35. The fourth-order valence-corrected chi connectivity index (χ4v) is 3.39. The fraction of sp³-hybridized carbons (Fsp3) is 0.300. The van der Waals surface area contributed by atoms with E-state index in [-0.39, 0.29) is 5.60 Å². The molecule has 0 amide bonds. The van der Waals surface area contributed by atoms with E-state index < -0.39 is 0 Å². The lowest BCUT2D eigenvalue weighted by molar-refractivity contribution is -0.0468. The molecule has 0 saturated carbocycles. The van der Waals surface area contributed by atoms with Gasteiger partial charge in [0.2, 0.25) is 0 Å². The third-order valence-electron chi connectivity index (χ3n) is 4.68. The van der Waals surface area contributed by atoms with Gasteiger partial charge in [0.15, 0.2) is 5.82 Å². The van der Waals surface area contributed by atoms with E-state index in [9.17, 15) is 0 Å². The summed E-state index contributed by atoms with van der Waals surface area (Å²) in [5.41, 5.74) is 3.70. The largest absolute Gasteiger partial charge is 0.367 e. The smallest absolute Gasteiger partial charge is 0.150 e. The van der Waals surface area contributed by atoms with Crippen molar-refractivity contribution in [3.63, 3.8) is 0 Å². The molecule has 0 N–H and O–H groups in total. The second kappa shape index (κ2) is 5.87. The molecule has 1 fully saturated rings. The predicted molar refractivity (Wildman–Crippen MR) is 96.2 cm³/mol. The van der Waals surface area contributed by atoms with Crippen molar-refractivity contribution in [3.8, 4) is 0 Å². The molecule has 24 heavy (non-hydrogen) atoms. The van der Waals surface area contributed by atoms with Crippen LogP contribution in [0.15, 0.2) is 54.6 Å². The molecule has 2 heterocycles. The van der Waals surface area contributed by atoms with E-state index in [1.807, 2.05) is 37.3 Å². The van der Waals surface area contributed by atoms with Gasteiger partial charge in [-0.25, -0.2) is 9.97 Å². The van der Waals surface area contributed by atoms with Gasteiger partial charge in [-0.3, -0.25) is 0 Å². The molecule has 4 heteroatoms. The number of benzene rings is 2. The van der Waals surface area contributed by atoms with Gasteiger partial charge in [0.05, 0.1) is 29.9 Å². The van der Waals surface area contributed by atoms with E-state index in [0.29, 0.717) is 6.61 Å². The van der Waals surface area contributed by atoms with Crippen LogP contribution in [0.4, 0.5) is 5.82 Å². The Morgan fingerprint density at radius 2 is 1.62 bits per heavy atom. The number of nitrogens with zero attached hydrogens (tertiary/aromatic N) is 3. The molecule has 1 aliphatic rings. The van der Waals surface area contributed by atoms with E-state index in [1.54, 1.807) is 0 Å². The minimum absolute atomic E-state index is 0.334. The van der Waals surface area contributed by atoms with Gasteiger partial charge in [-0.1, -0.05) is 42.5 Å². The van der Waals surface area contributed by atoms with Crippen molar-refractivity contribution in [2.75, 3.05) is 24.6 Å². The van der Waals surface area contributed by atoms with Gasteiger partial charge in [-0.2, -0.15) is 0 Å². The van der Waals surface area contributed by atoms with Crippen LogP contribution in [0.3, 0.4) is 0 Å². The van der Waals surface area contributed by atoms with Crippen LogP contribution < -0.4 is 4.90 Å². The maximum Gasteiger partial charge on any atom is 0.150 e. The minimum atomic E-state index is -0.334. The van der Waals surface area contributed by atoms with Crippen LogP contribution in [0, 0.1) is 6.92 Å². The van der Waals surface area contributed by atoms with Gasteiger partial charge < -0.3 is 9.64 Å². The second-order valence-electron chi connectivity index (χ2n) is 6.49. The normalized spacial score (nSPS) is 21.2. The number of para-hydroxylation sites is 2. The zero-order valence-electron chi connectivity index (χ0n) is 14.1. The standard InChI is InChI=1S/C20H21N3O/c1-15-19(22-18-11-7-6-10-17(18)21-15)23-12-13-24-20(2,14-23)16-8-4-3-5-9-16/h3-11H,12-14H2,1-2H3. The quantitative estimate of drug-likeness (QED) is 0.722. The molecular formula is C20H21N3O. The van der Waals surface area contributed by atoms with Crippen molar-refractivity contribution in [3.05, 3.63) is 65.9 Å². The molecule has 1 atom stereocenters. The third-order valence-corrected chi connectivity index (χ3v) is 4.68. The molecule has 1 aromatic heterocycles. The number of morpholine rings is 1. The Balaban J connectivity index is 1.71. The summed E-state index contributed by atoms with van der Waals surface area (Å²) in [5.74, 6) is 0.958. The molecule has 0 aliphatic carbocycles. The van der Waals surface area contributed by atoms with Crippen LogP contribution in [-0.2, 0) is 10.3 Å². The molecule has 4 rings (SSSR count). The fourth-order valence-electron chi connectivity index (χ4n) is 3.39. The maximum absolute atomic E-state index is 6.14. The van der Waals surface area contributed by atoms with Crippen LogP contribution in [-0.4, -0.2) is 29.7 Å². The summed E-state index contributed by atoms with van der Waals surface area (Å²) >= 11 is 0. The van der Waals surface area contributed by atoms with Gasteiger partial charge in [0.25, 0.3) is 0 Å². The Hall–Kier alpha value is -2.46. The number of anilines is 1. The Kier molecular flexibility index (Phi) is 3.69. The van der Waals surface area contributed by atoms with E-state index in [2.05, 4.69) is 36.1 Å². The molecule has 1 saturated heterocycles. The summed E-state index contributed by atoms with van der Waals surface area (Å²) in [6.45, 7) is 6.46. The predicted octanol–water partition coefficient (Wildman–Crippen LogP) is 3.69. The summed E-state index contributed by atoms with van der Waals surface area (Å²) in [6, 6.07) is 18.4. The van der Waals surface area contributed by atoms with Crippen molar-refractivity contribution < 1.29 is 4.74 Å². The molecule has 1 aliphatic heterocycles. The minimum Gasteiger partial charge on any atom is -0.367 e. The Labute approximate surface area is 142 Å². The summed E-state index contributed by atoms with van der Waals surface area (Å²) < 4.78 is 6.14. The average Bonchev–Trinajstić information content (AvgIpc) is 2.62. The van der Waals surface area contributed by atoms with Gasteiger partial charge in [-0.15, -0.1) is 0 Å². The zero-order valence-corrected chi connectivity index (χ0v) is 14.1. The van der Waals surface area contributed by atoms with Crippen molar-refractivity contribution in [2.45, 2.75) is 19.4 Å². The van der Waals surface area contributed by atoms with Crippen molar-refractivity contribution in [1.82, 2.24) is 9.97 Å². The van der Waals surface area contributed by atoms with Gasteiger partial charge in [-0.05, 0) is 31.5 Å². The lowest BCUT2D eigenvalue weighted by Crippen LogP contribution is -2.48. The Morgan fingerprint density at radius 1 is 0.958 bits per heavy atom. The summed E-state index contributed by atoms with van der Waals surface area (Å²) in [4.78, 5) is 11.9. The van der Waals surface area contributed by atoms with Gasteiger partial charge in [0, 0.05) is 6.54 Å². The summed E-state index contributed by atoms with van der Waals surface area (Å²) in [7, 11) is 0. The van der Waals surface area contributed by atoms with E-state index >= 15 is 0 Å². The highest BCUT2D eigenvalue weighted by molar-refractivity contribution is 5.76. The summed E-state index contributed by atoms with van der Waals surface area (Å²) in [6.07, 6.45) is 0. The highest BCUT2D eigenvalue weighted by atomic mass is 16.5. The van der Waals surface area contributed by atoms with E-state index in [0.717, 1.165) is 35.6 Å². The highest BCUT2D eigenvalue weighted by Crippen LogP contribution is 2.32. The average molecular weight is 319 g/mol.